The minimum absolute atomic E-state index is 0.228. The fourth-order valence-electron chi connectivity index (χ4n) is 2.10. The molecule has 2 amide bonds. The van der Waals surface area contributed by atoms with Crippen molar-refractivity contribution in [2.75, 3.05) is 18.5 Å². The van der Waals surface area contributed by atoms with E-state index in [9.17, 15) is 14.0 Å². The van der Waals surface area contributed by atoms with Crippen LogP contribution in [0.25, 0.3) is 0 Å². The third-order valence-corrected chi connectivity index (χ3v) is 3.26. The average Bonchev–Trinajstić information content (AvgIpc) is 2.55. The van der Waals surface area contributed by atoms with Crippen LogP contribution in [0.1, 0.15) is 22.8 Å². The predicted octanol–water partition coefficient (Wildman–Crippen LogP) is 3.37. The van der Waals surface area contributed by atoms with Crippen LogP contribution in [0.5, 0.6) is 0 Å². The summed E-state index contributed by atoms with van der Waals surface area (Å²) in [6, 6.07) is 12.7. The summed E-state index contributed by atoms with van der Waals surface area (Å²) in [5, 5.41) is 5.32. The number of benzene rings is 2. The molecule has 2 rings (SSSR count). The number of ether oxygens (including phenoxy) is 1. The maximum atomic E-state index is 13.1. The Balaban J connectivity index is 1.83. The van der Waals surface area contributed by atoms with Crippen molar-refractivity contribution in [3.8, 4) is 0 Å². The van der Waals surface area contributed by atoms with Gasteiger partial charge >= 0.3 is 6.09 Å². The summed E-state index contributed by atoms with van der Waals surface area (Å²) >= 11 is 0. The molecule has 0 aromatic heterocycles. The second kappa shape index (κ2) is 8.67. The van der Waals surface area contributed by atoms with Crippen LogP contribution in [0.4, 0.5) is 14.9 Å². The van der Waals surface area contributed by atoms with Crippen LogP contribution in [-0.4, -0.2) is 25.2 Å². The summed E-state index contributed by atoms with van der Waals surface area (Å²) in [6.07, 6.45) is 0.0104. The zero-order chi connectivity index (χ0) is 17.4. The van der Waals surface area contributed by atoms with E-state index in [2.05, 4.69) is 10.6 Å². The summed E-state index contributed by atoms with van der Waals surface area (Å²) in [6.45, 7) is 2.42. The molecule has 2 aromatic rings. The third kappa shape index (κ3) is 5.39. The van der Waals surface area contributed by atoms with Gasteiger partial charge in [-0.1, -0.05) is 12.1 Å². The Morgan fingerprint density at radius 3 is 2.54 bits per heavy atom. The van der Waals surface area contributed by atoms with Crippen LogP contribution in [0, 0.1) is 5.82 Å². The Labute approximate surface area is 139 Å². The molecule has 0 bridgehead atoms. The molecule has 6 heteroatoms. The number of hydrogen-bond acceptors (Lipinski definition) is 3. The minimum atomic E-state index is -0.537. The molecule has 0 aliphatic carbocycles. The molecule has 2 aromatic carbocycles. The summed E-state index contributed by atoms with van der Waals surface area (Å²) in [4.78, 5) is 23.3. The molecule has 5 nitrogen and oxygen atoms in total. The second-order valence-corrected chi connectivity index (χ2v) is 5.06. The highest BCUT2D eigenvalue weighted by atomic mass is 19.1. The summed E-state index contributed by atoms with van der Waals surface area (Å²) in [5.41, 5.74) is 1.85. The average molecular weight is 330 g/mol. The van der Waals surface area contributed by atoms with E-state index in [0.29, 0.717) is 24.2 Å². The van der Waals surface area contributed by atoms with Gasteiger partial charge in [-0.15, -0.1) is 0 Å². The number of halogens is 1. The maximum absolute atomic E-state index is 13.1. The van der Waals surface area contributed by atoms with Gasteiger partial charge in [-0.2, -0.15) is 0 Å². The van der Waals surface area contributed by atoms with Gasteiger partial charge in [0.05, 0.1) is 6.61 Å². The van der Waals surface area contributed by atoms with Gasteiger partial charge in [-0.3, -0.25) is 10.1 Å². The molecule has 0 fully saturated rings. The van der Waals surface area contributed by atoms with E-state index in [1.807, 2.05) is 6.07 Å². The lowest BCUT2D eigenvalue weighted by atomic mass is 10.1. The molecule has 0 aliphatic rings. The highest BCUT2D eigenvalue weighted by Gasteiger charge is 2.06. The molecule has 0 saturated carbocycles. The lowest BCUT2D eigenvalue weighted by Crippen LogP contribution is -2.25. The predicted molar refractivity (Wildman–Crippen MR) is 89.5 cm³/mol. The van der Waals surface area contributed by atoms with Gasteiger partial charge in [0, 0.05) is 17.8 Å². The molecule has 0 unspecified atom stereocenters. The van der Waals surface area contributed by atoms with Crippen molar-refractivity contribution < 1.29 is 18.7 Å². The van der Waals surface area contributed by atoms with Crippen molar-refractivity contribution in [1.29, 1.82) is 0 Å². The smallest absolute Gasteiger partial charge is 0.411 e. The molecule has 0 saturated heterocycles. The fourth-order valence-corrected chi connectivity index (χ4v) is 2.10. The van der Waals surface area contributed by atoms with Gasteiger partial charge in [0.15, 0.2) is 0 Å². The molecule has 0 spiro atoms. The molecule has 0 radical (unpaired) electrons. The maximum Gasteiger partial charge on any atom is 0.411 e. The van der Waals surface area contributed by atoms with E-state index >= 15 is 0 Å². The van der Waals surface area contributed by atoms with E-state index in [1.165, 1.54) is 12.1 Å². The molecule has 0 atom stereocenters. The fraction of sp³-hybridized carbons (Fsp3) is 0.222. The monoisotopic (exact) mass is 330 g/mol. The zero-order valence-corrected chi connectivity index (χ0v) is 13.3. The first-order valence-corrected chi connectivity index (χ1v) is 7.65. The van der Waals surface area contributed by atoms with Gasteiger partial charge in [-0.25, -0.2) is 9.18 Å². The first-order chi connectivity index (χ1) is 11.6. The van der Waals surface area contributed by atoms with Crippen LogP contribution in [0.15, 0.2) is 48.5 Å². The Hall–Kier alpha value is -2.89. The van der Waals surface area contributed by atoms with Gasteiger partial charge in [0.2, 0.25) is 0 Å². The number of anilines is 1. The number of rotatable bonds is 6. The topological polar surface area (TPSA) is 67.4 Å². The first-order valence-electron chi connectivity index (χ1n) is 7.65. The summed E-state index contributed by atoms with van der Waals surface area (Å²) < 4.78 is 17.8. The van der Waals surface area contributed by atoms with Crippen molar-refractivity contribution in [1.82, 2.24) is 5.32 Å². The molecule has 0 heterocycles. The number of amides is 2. The van der Waals surface area contributed by atoms with Crippen molar-refractivity contribution in [3.05, 3.63) is 65.5 Å². The van der Waals surface area contributed by atoms with Crippen molar-refractivity contribution in [3.63, 3.8) is 0 Å². The molecular formula is C18H19FN2O3. The molecular weight excluding hydrogens is 311 g/mol. The van der Waals surface area contributed by atoms with E-state index in [-0.39, 0.29) is 18.3 Å². The number of carbonyl (C=O) groups excluding carboxylic acids is 2. The van der Waals surface area contributed by atoms with Crippen LogP contribution in [0.2, 0.25) is 0 Å². The zero-order valence-electron chi connectivity index (χ0n) is 13.3. The lowest BCUT2D eigenvalue weighted by Gasteiger charge is -2.08. The quantitative estimate of drug-likeness (QED) is 0.853. The third-order valence-electron chi connectivity index (χ3n) is 3.26. The van der Waals surface area contributed by atoms with E-state index in [0.717, 1.165) is 5.56 Å². The Morgan fingerprint density at radius 2 is 1.88 bits per heavy atom. The largest absolute Gasteiger partial charge is 0.450 e. The number of hydrogen-bond donors (Lipinski definition) is 2. The Kier molecular flexibility index (Phi) is 6.31. The first kappa shape index (κ1) is 17.5. The lowest BCUT2D eigenvalue weighted by molar-refractivity contribution is 0.0954. The highest BCUT2D eigenvalue weighted by molar-refractivity contribution is 5.95. The van der Waals surface area contributed by atoms with Crippen LogP contribution < -0.4 is 10.6 Å². The number of carbonyl (C=O) groups is 2. The molecule has 2 N–H and O–H groups in total. The van der Waals surface area contributed by atoms with E-state index in [4.69, 9.17) is 4.74 Å². The van der Waals surface area contributed by atoms with Gasteiger partial charge in [0.25, 0.3) is 5.91 Å². The van der Waals surface area contributed by atoms with Crippen LogP contribution in [0.3, 0.4) is 0 Å². The standard InChI is InChI=1S/C18H19FN2O3/c1-2-24-18(23)21-16-8-6-14(7-9-16)17(22)20-11-10-13-4-3-5-15(19)12-13/h3-9,12H,2,10-11H2,1H3,(H,20,22)(H,21,23). The summed E-state index contributed by atoms with van der Waals surface area (Å²) in [7, 11) is 0. The van der Waals surface area contributed by atoms with Gasteiger partial charge in [0.1, 0.15) is 5.82 Å². The minimum Gasteiger partial charge on any atom is -0.450 e. The number of nitrogens with one attached hydrogen (secondary N) is 2. The van der Waals surface area contributed by atoms with Crippen LogP contribution >= 0.6 is 0 Å². The summed E-state index contributed by atoms with van der Waals surface area (Å²) in [5.74, 6) is -0.516. The van der Waals surface area contributed by atoms with Crippen LogP contribution in [-0.2, 0) is 11.2 Å². The normalized spacial score (nSPS) is 10.1. The second-order valence-electron chi connectivity index (χ2n) is 5.06. The van der Waals surface area contributed by atoms with Crippen molar-refractivity contribution >= 4 is 17.7 Å². The Morgan fingerprint density at radius 1 is 1.12 bits per heavy atom. The van der Waals surface area contributed by atoms with Gasteiger partial charge < -0.3 is 10.1 Å². The van der Waals surface area contributed by atoms with E-state index in [1.54, 1.807) is 37.3 Å². The molecule has 126 valence electrons. The molecule has 0 aliphatic heterocycles. The van der Waals surface area contributed by atoms with Crippen molar-refractivity contribution in [2.45, 2.75) is 13.3 Å². The van der Waals surface area contributed by atoms with Gasteiger partial charge in [-0.05, 0) is 55.3 Å². The SMILES string of the molecule is CCOC(=O)Nc1ccc(C(=O)NCCc2cccc(F)c2)cc1. The van der Waals surface area contributed by atoms with Crippen molar-refractivity contribution in [2.24, 2.45) is 0 Å². The highest BCUT2D eigenvalue weighted by Crippen LogP contribution is 2.10. The Bertz CT molecular complexity index is 702. The molecule has 24 heavy (non-hydrogen) atoms. The van der Waals surface area contributed by atoms with E-state index < -0.39 is 6.09 Å².